The van der Waals surface area contributed by atoms with Crippen molar-refractivity contribution in [3.63, 3.8) is 0 Å². The standard InChI is InChI=1S/C22H33N3O5/c1-22(2,3)30-20(27)23-17-13-16(19(26)24(4)5)11-12-18(17)25(21(28)29)14-15-9-7-6-8-10-15/h6-10,16-18H,11-14H2,1-5H3,(H,23,27)(H,28,29)/t16-,17-,18-/m0/s1. The van der Waals surface area contributed by atoms with Gasteiger partial charge in [-0.25, -0.2) is 9.59 Å². The Labute approximate surface area is 178 Å². The van der Waals surface area contributed by atoms with Crippen molar-refractivity contribution in [2.75, 3.05) is 14.1 Å². The lowest BCUT2D eigenvalue weighted by Crippen LogP contribution is -2.57. The average Bonchev–Trinajstić information content (AvgIpc) is 2.64. The Hall–Kier alpha value is -2.77. The molecule has 8 nitrogen and oxygen atoms in total. The summed E-state index contributed by atoms with van der Waals surface area (Å²) in [6, 6.07) is 8.35. The van der Waals surface area contributed by atoms with Crippen molar-refractivity contribution < 1.29 is 24.2 Å². The zero-order valence-electron chi connectivity index (χ0n) is 18.4. The van der Waals surface area contributed by atoms with E-state index < -0.39 is 29.9 Å². The van der Waals surface area contributed by atoms with E-state index in [4.69, 9.17) is 4.74 Å². The third-order valence-corrected chi connectivity index (χ3v) is 5.15. The van der Waals surface area contributed by atoms with E-state index in [1.54, 1.807) is 34.9 Å². The van der Waals surface area contributed by atoms with Crippen LogP contribution >= 0.6 is 0 Å². The first-order valence-corrected chi connectivity index (χ1v) is 10.2. The number of benzene rings is 1. The van der Waals surface area contributed by atoms with Crippen molar-refractivity contribution in [3.05, 3.63) is 35.9 Å². The summed E-state index contributed by atoms with van der Waals surface area (Å²) in [6.07, 6.45) is -0.270. The zero-order chi connectivity index (χ0) is 22.5. The fourth-order valence-corrected chi connectivity index (χ4v) is 3.84. The molecule has 0 saturated heterocycles. The maximum Gasteiger partial charge on any atom is 0.407 e. The Morgan fingerprint density at radius 2 is 1.77 bits per heavy atom. The smallest absolute Gasteiger partial charge is 0.407 e. The van der Waals surface area contributed by atoms with Gasteiger partial charge < -0.3 is 20.1 Å². The SMILES string of the molecule is CN(C)C(=O)[C@H]1CC[C@H](N(Cc2ccccc2)C(=O)O)[C@@H](NC(=O)OC(C)(C)C)C1. The van der Waals surface area contributed by atoms with Gasteiger partial charge in [0.15, 0.2) is 0 Å². The summed E-state index contributed by atoms with van der Waals surface area (Å²) in [4.78, 5) is 39.9. The number of hydrogen-bond acceptors (Lipinski definition) is 4. The van der Waals surface area contributed by atoms with Gasteiger partial charge in [-0.2, -0.15) is 0 Å². The molecule has 0 bridgehead atoms. The van der Waals surface area contributed by atoms with E-state index in [-0.39, 0.29) is 18.4 Å². The van der Waals surface area contributed by atoms with E-state index in [9.17, 15) is 19.5 Å². The Morgan fingerprint density at radius 1 is 1.13 bits per heavy atom. The highest BCUT2D eigenvalue weighted by Crippen LogP contribution is 2.30. The Kier molecular flexibility index (Phi) is 7.70. The van der Waals surface area contributed by atoms with Crippen molar-refractivity contribution in [1.82, 2.24) is 15.1 Å². The summed E-state index contributed by atoms with van der Waals surface area (Å²) in [7, 11) is 3.40. The summed E-state index contributed by atoms with van der Waals surface area (Å²) < 4.78 is 5.38. The molecule has 0 aliphatic heterocycles. The Balaban J connectivity index is 2.25. The fourth-order valence-electron chi connectivity index (χ4n) is 3.84. The molecule has 1 aliphatic carbocycles. The molecule has 0 radical (unpaired) electrons. The number of amides is 3. The van der Waals surface area contributed by atoms with Crippen molar-refractivity contribution in [2.45, 2.75) is 64.3 Å². The number of carboxylic acid groups (broad SMARTS) is 1. The molecule has 1 aliphatic rings. The van der Waals surface area contributed by atoms with Gasteiger partial charge >= 0.3 is 12.2 Å². The fraction of sp³-hybridized carbons (Fsp3) is 0.591. The van der Waals surface area contributed by atoms with Crippen LogP contribution in [0.3, 0.4) is 0 Å². The van der Waals surface area contributed by atoms with Gasteiger partial charge in [-0.05, 0) is 45.6 Å². The maximum atomic E-state index is 12.5. The maximum absolute atomic E-state index is 12.5. The third-order valence-electron chi connectivity index (χ3n) is 5.15. The lowest BCUT2D eigenvalue weighted by Gasteiger charge is -2.41. The number of hydrogen-bond donors (Lipinski definition) is 2. The largest absolute Gasteiger partial charge is 0.465 e. The summed E-state index contributed by atoms with van der Waals surface area (Å²) in [5.74, 6) is -0.294. The summed E-state index contributed by atoms with van der Waals surface area (Å²) in [5, 5.41) is 12.7. The van der Waals surface area contributed by atoms with Crippen LogP contribution in [-0.2, 0) is 16.1 Å². The van der Waals surface area contributed by atoms with Gasteiger partial charge in [-0.1, -0.05) is 30.3 Å². The second-order valence-corrected chi connectivity index (χ2v) is 8.96. The van der Waals surface area contributed by atoms with E-state index in [1.165, 1.54) is 9.80 Å². The first-order chi connectivity index (χ1) is 14.0. The molecule has 30 heavy (non-hydrogen) atoms. The van der Waals surface area contributed by atoms with E-state index >= 15 is 0 Å². The van der Waals surface area contributed by atoms with Gasteiger partial charge in [-0.3, -0.25) is 9.69 Å². The molecule has 2 rings (SSSR count). The Morgan fingerprint density at radius 3 is 2.30 bits per heavy atom. The first kappa shape index (κ1) is 23.5. The van der Waals surface area contributed by atoms with Crippen LogP contribution in [0.5, 0.6) is 0 Å². The molecule has 0 spiro atoms. The van der Waals surface area contributed by atoms with Crippen LogP contribution in [0.15, 0.2) is 30.3 Å². The van der Waals surface area contributed by atoms with Crippen molar-refractivity contribution >= 4 is 18.1 Å². The van der Waals surface area contributed by atoms with E-state index in [0.717, 1.165) is 5.56 Å². The number of ether oxygens (including phenoxy) is 1. The molecule has 3 atom stereocenters. The monoisotopic (exact) mass is 419 g/mol. The highest BCUT2D eigenvalue weighted by molar-refractivity contribution is 5.78. The molecule has 2 N–H and O–H groups in total. The molecular weight excluding hydrogens is 386 g/mol. The number of nitrogens with one attached hydrogen (secondary N) is 1. The molecule has 0 unspecified atom stereocenters. The lowest BCUT2D eigenvalue weighted by molar-refractivity contribution is -0.134. The van der Waals surface area contributed by atoms with Gasteiger partial charge in [0.1, 0.15) is 5.60 Å². The van der Waals surface area contributed by atoms with Crippen LogP contribution in [0.1, 0.15) is 45.6 Å². The predicted molar refractivity (Wildman–Crippen MR) is 113 cm³/mol. The highest BCUT2D eigenvalue weighted by Gasteiger charge is 2.40. The molecule has 1 aromatic rings. The van der Waals surface area contributed by atoms with Crippen LogP contribution in [0, 0.1) is 5.92 Å². The van der Waals surface area contributed by atoms with E-state index in [2.05, 4.69) is 5.32 Å². The third kappa shape index (κ3) is 6.64. The van der Waals surface area contributed by atoms with Gasteiger partial charge in [0.2, 0.25) is 5.91 Å². The molecule has 1 fully saturated rings. The second kappa shape index (κ2) is 9.82. The van der Waals surface area contributed by atoms with Crippen LogP contribution in [0.2, 0.25) is 0 Å². The topological polar surface area (TPSA) is 99.2 Å². The number of rotatable bonds is 5. The molecule has 0 heterocycles. The molecule has 1 aromatic carbocycles. The minimum atomic E-state index is -1.06. The number of carbonyl (C=O) groups is 3. The summed E-state index contributed by atoms with van der Waals surface area (Å²) >= 11 is 0. The number of carbonyl (C=O) groups excluding carboxylic acids is 2. The molecule has 1 saturated carbocycles. The number of nitrogens with zero attached hydrogens (tertiary/aromatic N) is 2. The van der Waals surface area contributed by atoms with Gasteiger partial charge in [0, 0.05) is 26.6 Å². The van der Waals surface area contributed by atoms with Crippen LogP contribution < -0.4 is 5.32 Å². The van der Waals surface area contributed by atoms with Crippen LogP contribution in [-0.4, -0.2) is 64.8 Å². The first-order valence-electron chi connectivity index (χ1n) is 10.2. The van der Waals surface area contributed by atoms with Gasteiger partial charge in [0.05, 0.1) is 12.1 Å². The van der Waals surface area contributed by atoms with Crippen molar-refractivity contribution in [3.8, 4) is 0 Å². The molecule has 0 aromatic heterocycles. The quantitative estimate of drug-likeness (QED) is 0.763. The molecule has 166 valence electrons. The Bertz CT molecular complexity index is 745. The predicted octanol–water partition coefficient (Wildman–Crippen LogP) is 3.32. The summed E-state index contributed by atoms with van der Waals surface area (Å²) in [6.45, 7) is 5.51. The highest BCUT2D eigenvalue weighted by atomic mass is 16.6. The minimum Gasteiger partial charge on any atom is -0.465 e. The number of alkyl carbamates (subject to hydrolysis) is 1. The summed E-state index contributed by atoms with van der Waals surface area (Å²) in [5.41, 5.74) is 0.186. The minimum absolute atomic E-state index is 0.0191. The molecule has 8 heteroatoms. The van der Waals surface area contributed by atoms with Crippen molar-refractivity contribution in [1.29, 1.82) is 0 Å². The van der Waals surface area contributed by atoms with Crippen LogP contribution in [0.25, 0.3) is 0 Å². The van der Waals surface area contributed by atoms with Crippen LogP contribution in [0.4, 0.5) is 9.59 Å². The van der Waals surface area contributed by atoms with Gasteiger partial charge in [0.25, 0.3) is 0 Å². The lowest BCUT2D eigenvalue weighted by atomic mass is 9.80. The molecular formula is C22H33N3O5. The van der Waals surface area contributed by atoms with Gasteiger partial charge in [-0.15, -0.1) is 0 Å². The molecule has 3 amide bonds. The van der Waals surface area contributed by atoms with Crippen molar-refractivity contribution in [2.24, 2.45) is 5.92 Å². The average molecular weight is 420 g/mol. The zero-order valence-corrected chi connectivity index (χ0v) is 18.4. The van der Waals surface area contributed by atoms with E-state index in [1.807, 2.05) is 30.3 Å². The second-order valence-electron chi connectivity index (χ2n) is 8.96. The van der Waals surface area contributed by atoms with E-state index in [0.29, 0.717) is 19.3 Å². The normalized spacial score (nSPS) is 21.4.